The molecular weight excluding hydrogens is 208 g/mol. The van der Waals surface area contributed by atoms with Crippen molar-refractivity contribution in [1.82, 2.24) is 0 Å². The van der Waals surface area contributed by atoms with Crippen LogP contribution in [-0.4, -0.2) is 6.54 Å². The molecule has 0 aromatic heterocycles. The molecule has 0 heterocycles. The molecule has 1 aliphatic carbocycles. The van der Waals surface area contributed by atoms with E-state index in [0.29, 0.717) is 24.4 Å². The van der Waals surface area contributed by atoms with Crippen LogP contribution in [0.25, 0.3) is 0 Å². The third kappa shape index (κ3) is 2.24. The van der Waals surface area contributed by atoms with Gasteiger partial charge in [0.2, 0.25) is 0 Å². The number of nitrogens with two attached hydrogens (primary N) is 1. The van der Waals surface area contributed by atoms with E-state index in [1.54, 1.807) is 0 Å². The standard InChI is InChI=1S/C13H17F2N/c1-13(8-16,10-3-4-10)7-9-2-5-11(14)6-12(9)15/h2,5-6,10H,3-4,7-8,16H2,1H3/t13-/m0/s1. The summed E-state index contributed by atoms with van der Waals surface area (Å²) in [5.74, 6) is -0.385. The van der Waals surface area contributed by atoms with Crippen LogP contribution in [0.3, 0.4) is 0 Å². The molecule has 1 aliphatic rings. The first-order valence-corrected chi connectivity index (χ1v) is 5.69. The molecule has 3 heteroatoms. The van der Waals surface area contributed by atoms with E-state index in [1.807, 2.05) is 0 Å². The quantitative estimate of drug-likeness (QED) is 0.837. The second-order valence-electron chi connectivity index (χ2n) is 5.04. The van der Waals surface area contributed by atoms with Gasteiger partial charge in [-0.2, -0.15) is 0 Å². The molecule has 1 fully saturated rings. The first-order chi connectivity index (χ1) is 7.55. The summed E-state index contributed by atoms with van der Waals surface area (Å²) in [6.45, 7) is 2.64. The van der Waals surface area contributed by atoms with Crippen LogP contribution in [0.5, 0.6) is 0 Å². The summed E-state index contributed by atoms with van der Waals surface area (Å²) in [4.78, 5) is 0. The molecule has 1 aromatic rings. The smallest absolute Gasteiger partial charge is 0.129 e. The molecule has 88 valence electrons. The molecule has 1 saturated carbocycles. The molecule has 0 spiro atoms. The van der Waals surface area contributed by atoms with Crippen LogP contribution in [0.2, 0.25) is 0 Å². The second kappa shape index (κ2) is 4.13. The van der Waals surface area contributed by atoms with Crippen LogP contribution in [0.4, 0.5) is 8.78 Å². The Morgan fingerprint density at radius 2 is 2.06 bits per heavy atom. The highest BCUT2D eigenvalue weighted by molar-refractivity contribution is 5.20. The topological polar surface area (TPSA) is 26.0 Å². The van der Waals surface area contributed by atoms with Gasteiger partial charge in [0.15, 0.2) is 0 Å². The zero-order valence-electron chi connectivity index (χ0n) is 9.47. The van der Waals surface area contributed by atoms with E-state index in [2.05, 4.69) is 6.92 Å². The summed E-state index contributed by atoms with van der Waals surface area (Å²) < 4.78 is 26.3. The number of hydrogen-bond acceptors (Lipinski definition) is 1. The lowest BCUT2D eigenvalue weighted by molar-refractivity contribution is 0.278. The maximum Gasteiger partial charge on any atom is 0.129 e. The second-order valence-corrected chi connectivity index (χ2v) is 5.04. The number of halogens is 2. The Morgan fingerprint density at radius 1 is 1.38 bits per heavy atom. The van der Waals surface area contributed by atoms with E-state index in [-0.39, 0.29) is 5.41 Å². The highest BCUT2D eigenvalue weighted by Crippen LogP contribution is 2.46. The van der Waals surface area contributed by atoms with Gasteiger partial charge in [-0.05, 0) is 48.8 Å². The molecule has 0 saturated heterocycles. The Bertz CT molecular complexity index is 388. The van der Waals surface area contributed by atoms with Crippen LogP contribution in [0, 0.1) is 23.0 Å². The van der Waals surface area contributed by atoms with Crippen LogP contribution in [-0.2, 0) is 6.42 Å². The van der Waals surface area contributed by atoms with E-state index < -0.39 is 11.6 Å². The molecule has 0 bridgehead atoms. The Morgan fingerprint density at radius 3 is 2.56 bits per heavy atom. The van der Waals surface area contributed by atoms with Crippen LogP contribution < -0.4 is 5.73 Å². The third-order valence-corrected chi connectivity index (χ3v) is 3.64. The van der Waals surface area contributed by atoms with Crippen molar-refractivity contribution in [1.29, 1.82) is 0 Å². The summed E-state index contributed by atoms with van der Waals surface area (Å²) in [5.41, 5.74) is 6.31. The molecule has 2 rings (SSSR count). The SMILES string of the molecule is C[C@@](CN)(Cc1ccc(F)cc1F)C1CC1. The van der Waals surface area contributed by atoms with Crippen molar-refractivity contribution >= 4 is 0 Å². The lowest BCUT2D eigenvalue weighted by Crippen LogP contribution is -2.32. The predicted molar refractivity (Wildman–Crippen MR) is 59.9 cm³/mol. The molecule has 1 nitrogen and oxygen atoms in total. The Hall–Kier alpha value is -0.960. The van der Waals surface area contributed by atoms with Crippen molar-refractivity contribution in [3.05, 3.63) is 35.4 Å². The Balaban J connectivity index is 2.18. The highest BCUT2D eigenvalue weighted by Gasteiger charge is 2.40. The van der Waals surface area contributed by atoms with E-state index >= 15 is 0 Å². The van der Waals surface area contributed by atoms with Gasteiger partial charge >= 0.3 is 0 Å². The number of rotatable bonds is 4. The van der Waals surface area contributed by atoms with Gasteiger partial charge in [-0.15, -0.1) is 0 Å². The summed E-state index contributed by atoms with van der Waals surface area (Å²) in [5, 5.41) is 0. The molecule has 1 atom stereocenters. The zero-order valence-corrected chi connectivity index (χ0v) is 9.47. The normalized spacial score (nSPS) is 19.5. The van der Waals surface area contributed by atoms with Gasteiger partial charge in [-0.25, -0.2) is 8.78 Å². The van der Waals surface area contributed by atoms with Crippen LogP contribution in [0.15, 0.2) is 18.2 Å². The van der Waals surface area contributed by atoms with Gasteiger partial charge in [0, 0.05) is 6.07 Å². The maximum atomic E-state index is 13.5. The first-order valence-electron chi connectivity index (χ1n) is 5.69. The van der Waals surface area contributed by atoms with E-state index in [4.69, 9.17) is 5.73 Å². The van der Waals surface area contributed by atoms with Gasteiger partial charge < -0.3 is 5.73 Å². The minimum atomic E-state index is -0.526. The molecular formula is C13H17F2N. The van der Waals surface area contributed by atoms with Crippen LogP contribution in [0.1, 0.15) is 25.3 Å². The van der Waals surface area contributed by atoms with E-state index in [1.165, 1.54) is 25.0 Å². The van der Waals surface area contributed by atoms with Crippen molar-refractivity contribution in [2.75, 3.05) is 6.54 Å². The lowest BCUT2D eigenvalue weighted by atomic mass is 9.79. The number of benzene rings is 1. The van der Waals surface area contributed by atoms with Gasteiger partial charge in [-0.1, -0.05) is 13.0 Å². The van der Waals surface area contributed by atoms with Crippen molar-refractivity contribution in [3.63, 3.8) is 0 Å². The first kappa shape index (κ1) is 11.5. The molecule has 16 heavy (non-hydrogen) atoms. The molecule has 0 amide bonds. The summed E-state index contributed by atoms with van der Waals surface area (Å²) in [6.07, 6.45) is 2.95. The fraction of sp³-hybridized carbons (Fsp3) is 0.538. The molecule has 2 N–H and O–H groups in total. The third-order valence-electron chi connectivity index (χ3n) is 3.64. The average Bonchev–Trinajstić information content (AvgIpc) is 3.06. The fourth-order valence-electron chi connectivity index (χ4n) is 2.26. The van der Waals surface area contributed by atoms with Crippen LogP contribution >= 0.6 is 0 Å². The van der Waals surface area contributed by atoms with Crippen molar-refractivity contribution in [2.45, 2.75) is 26.2 Å². The summed E-state index contributed by atoms with van der Waals surface area (Å²) in [7, 11) is 0. The Kier molecular flexibility index (Phi) is 2.98. The maximum absolute atomic E-state index is 13.5. The van der Waals surface area contributed by atoms with Gasteiger partial charge in [0.1, 0.15) is 11.6 Å². The van der Waals surface area contributed by atoms with Gasteiger partial charge in [0.25, 0.3) is 0 Å². The largest absolute Gasteiger partial charge is 0.330 e. The van der Waals surface area contributed by atoms with Crippen molar-refractivity contribution in [3.8, 4) is 0 Å². The van der Waals surface area contributed by atoms with Crippen molar-refractivity contribution < 1.29 is 8.78 Å². The molecule has 0 aliphatic heterocycles. The minimum absolute atomic E-state index is 0.0430. The highest BCUT2D eigenvalue weighted by atomic mass is 19.1. The van der Waals surface area contributed by atoms with E-state index in [0.717, 1.165) is 6.07 Å². The van der Waals surface area contributed by atoms with Gasteiger partial charge in [0.05, 0.1) is 0 Å². The lowest BCUT2D eigenvalue weighted by Gasteiger charge is -2.28. The predicted octanol–water partition coefficient (Wildman–Crippen LogP) is 2.88. The summed E-state index contributed by atoms with van der Waals surface area (Å²) in [6, 6.07) is 3.78. The molecule has 1 aromatic carbocycles. The van der Waals surface area contributed by atoms with E-state index in [9.17, 15) is 8.78 Å². The van der Waals surface area contributed by atoms with Crippen molar-refractivity contribution in [2.24, 2.45) is 17.1 Å². The monoisotopic (exact) mass is 225 g/mol. The molecule has 0 radical (unpaired) electrons. The minimum Gasteiger partial charge on any atom is -0.330 e. The Labute approximate surface area is 94.7 Å². The average molecular weight is 225 g/mol. The number of hydrogen-bond donors (Lipinski definition) is 1. The molecule has 0 unspecified atom stereocenters. The summed E-state index contributed by atoms with van der Waals surface area (Å²) >= 11 is 0. The van der Waals surface area contributed by atoms with Gasteiger partial charge in [-0.3, -0.25) is 0 Å². The zero-order chi connectivity index (χ0) is 11.8. The fourth-order valence-corrected chi connectivity index (χ4v) is 2.26.